The van der Waals surface area contributed by atoms with Gasteiger partial charge in [-0.05, 0) is 30.7 Å². The maximum atomic E-state index is 11.0. The first-order chi connectivity index (χ1) is 7.61. The van der Waals surface area contributed by atoms with Crippen molar-refractivity contribution in [3.8, 4) is 0 Å². The van der Waals surface area contributed by atoms with Crippen LogP contribution in [0, 0.1) is 0 Å². The highest BCUT2D eigenvalue weighted by molar-refractivity contribution is 7.99. The van der Waals surface area contributed by atoms with Gasteiger partial charge in [0.2, 0.25) is 5.91 Å². The monoisotopic (exact) mass is 258 g/mol. The van der Waals surface area contributed by atoms with Gasteiger partial charge >= 0.3 is 0 Å². The summed E-state index contributed by atoms with van der Waals surface area (Å²) >= 11 is 7.52. The Balaban J connectivity index is 2.36. The van der Waals surface area contributed by atoms with Crippen LogP contribution in [0.4, 0.5) is 0 Å². The molecule has 0 aliphatic heterocycles. The predicted molar refractivity (Wildman–Crippen MR) is 68.3 cm³/mol. The van der Waals surface area contributed by atoms with Crippen molar-refractivity contribution in [3.05, 3.63) is 29.3 Å². The van der Waals surface area contributed by atoms with Crippen molar-refractivity contribution < 1.29 is 4.79 Å². The quantitative estimate of drug-likeness (QED) is 0.369. The Labute approximate surface area is 105 Å². The molecule has 1 unspecified atom stereocenters. The van der Waals surface area contributed by atoms with Gasteiger partial charge in [0.05, 0.1) is 0 Å². The number of hydrazine groups is 1. The summed E-state index contributed by atoms with van der Waals surface area (Å²) in [7, 11) is 0. The molecule has 0 saturated heterocycles. The number of carbonyl (C=O) groups is 1. The average Bonchev–Trinajstić information content (AvgIpc) is 2.29. The summed E-state index contributed by atoms with van der Waals surface area (Å²) in [6.45, 7) is 2.09. The minimum absolute atomic E-state index is 0.122. The van der Waals surface area contributed by atoms with E-state index in [-0.39, 0.29) is 5.91 Å². The second-order valence-corrected chi connectivity index (χ2v) is 5.44. The fourth-order valence-electron chi connectivity index (χ4n) is 1.21. The number of hydrogen-bond donors (Lipinski definition) is 2. The smallest absolute Gasteiger partial charge is 0.233 e. The lowest BCUT2D eigenvalue weighted by Gasteiger charge is -2.10. The van der Waals surface area contributed by atoms with Crippen LogP contribution in [-0.4, -0.2) is 11.2 Å². The van der Waals surface area contributed by atoms with E-state index in [1.54, 1.807) is 11.8 Å². The lowest BCUT2D eigenvalue weighted by molar-refractivity contribution is -0.121. The van der Waals surface area contributed by atoms with Crippen molar-refractivity contribution in [1.29, 1.82) is 0 Å². The number of hydrogen-bond acceptors (Lipinski definition) is 3. The van der Waals surface area contributed by atoms with Gasteiger partial charge in [0, 0.05) is 21.6 Å². The van der Waals surface area contributed by atoms with Gasteiger partial charge in [-0.25, -0.2) is 5.84 Å². The van der Waals surface area contributed by atoms with Gasteiger partial charge in [0.1, 0.15) is 0 Å². The molecule has 0 fully saturated rings. The SMILES string of the molecule is CC(CCC(=O)NN)Sc1ccc(Cl)cc1. The third-order valence-corrected chi connectivity index (χ3v) is 3.52. The first-order valence-electron chi connectivity index (χ1n) is 5.03. The summed E-state index contributed by atoms with van der Waals surface area (Å²) in [5, 5.41) is 1.11. The zero-order valence-corrected chi connectivity index (χ0v) is 10.6. The van der Waals surface area contributed by atoms with E-state index < -0.39 is 0 Å². The summed E-state index contributed by atoms with van der Waals surface area (Å²) in [6, 6.07) is 7.69. The van der Waals surface area contributed by atoms with Gasteiger partial charge in [-0.2, -0.15) is 0 Å². The largest absolute Gasteiger partial charge is 0.294 e. The van der Waals surface area contributed by atoms with Crippen LogP contribution in [0.25, 0.3) is 0 Å². The summed E-state index contributed by atoms with van der Waals surface area (Å²) in [6.07, 6.45) is 1.26. The number of amides is 1. The van der Waals surface area contributed by atoms with E-state index >= 15 is 0 Å². The topological polar surface area (TPSA) is 55.1 Å². The fraction of sp³-hybridized carbons (Fsp3) is 0.364. The Hall–Kier alpha value is -0.710. The molecule has 0 aliphatic rings. The molecule has 0 radical (unpaired) electrons. The Kier molecular flexibility index (Phi) is 5.66. The van der Waals surface area contributed by atoms with Gasteiger partial charge in [-0.15, -0.1) is 11.8 Å². The number of nitrogens with one attached hydrogen (secondary N) is 1. The van der Waals surface area contributed by atoms with E-state index in [1.807, 2.05) is 24.3 Å². The standard InChI is InChI=1S/C11H15ClN2OS/c1-8(2-7-11(15)14-13)16-10-5-3-9(12)4-6-10/h3-6,8H,2,7,13H2,1H3,(H,14,15). The molecule has 1 atom stereocenters. The van der Waals surface area contributed by atoms with Crippen LogP contribution >= 0.6 is 23.4 Å². The molecule has 0 spiro atoms. The van der Waals surface area contributed by atoms with Crippen molar-refractivity contribution in [3.63, 3.8) is 0 Å². The third kappa shape index (κ3) is 4.88. The van der Waals surface area contributed by atoms with E-state index in [0.29, 0.717) is 11.7 Å². The lowest BCUT2D eigenvalue weighted by atomic mass is 10.2. The Bertz CT molecular complexity index is 342. The maximum absolute atomic E-state index is 11.0. The van der Waals surface area contributed by atoms with Crippen LogP contribution in [0.5, 0.6) is 0 Å². The Morgan fingerprint density at radius 2 is 2.12 bits per heavy atom. The minimum atomic E-state index is -0.122. The maximum Gasteiger partial charge on any atom is 0.233 e. The van der Waals surface area contributed by atoms with Crippen molar-refractivity contribution in [1.82, 2.24) is 5.43 Å². The molecule has 1 rings (SSSR count). The molecule has 1 amide bonds. The van der Waals surface area contributed by atoms with Gasteiger partial charge in [-0.3, -0.25) is 10.2 Å². The molecular formula is C11H15ClN2OS. The van der Waals surface area contributed by atoms with Crippen molar-refractivity contribution >= 4 is 29.3 Å². The van der Waals surface area contributed by atoms with Crippen LogP contribution < -0.4 is 11.3 Å². The summed E-state index contributed by atoms with van der Waals surface area (Å²) < 4.78 is 0. The Morgan fingerprint density at radius 3 is 2.69 bits per heavy atom. The van der Waals surface area contributed by atoms with Crippen molar-refractivity contribution in [2.75, 3.05) is 0 Å². The number of rotatable bonds is 5. The van der Waals surface area contributed by atoms with E-state index in [2.05, 4.69) is 12.3 Å². The molecule has 0 aromatic heterocycles. The molecule has 88 valence electrons. The van der Waals surface area contributed by atoms with Crippen LogP contribution in [-0.2, 0) is 4.79 Å². The highest BCUT2D eigenvalue weighted by Gasteiger charge is 2.07. The third-order valence-electron chi connectivity index (χ3n) is 2.09. The molecular weight excluding hydrogens is 244 g/mol. The highest BCUT2D eigenvalue weighted by Crippen LogP contribution is 2.26. The zero-order valence-electron chi connectivity index (χ0n) is 9.07. The molecule has 3 nitrogen and oxygen atoms in total. The second-order valence-electron chi connectivity index (χ2n) is 3.49. The molecule has 16 heavy (non-hydrogen) atoms. The zero-order chi connectivity index (χ0) is 12.0. The van der Waals surface area contributed by atoms with Crippen LogP contribution in [0.1, 0.15) is 19.8 Å². The van der Waals surface area contributed by atoms with Gasteiger partial charge < -0.3 is 0 Å². The number of benzene rings is 1. The molecule has 5 heteroatoms. The van der Waals surface area contributed by atoms with Gasteiger partial charge in [0.15, 0.2) is 0 Å². The fourth-order valence-corrected chi connectivity index (χ4v) is 2.33. The molecule has 3 N–H and O–H groups in total. The van der Waals surface area contributed by atoms with Crippen molar-refractivity contribution in [2.45, 2.75) is 29.9 Å². The predicted octanol–water partition coefficient (Wildman–Crippen LogP) is 2.59. The summed E-state index contributed by atoms with van der Waals surface area (Å²) in [4.78, 5) is 12.1. The first-order valence-corrected chi connectivity index (χ1v) is 6.29. The van der Waals surface area contributed by atoms with Gasteiger partial charge in [0.25, 0.3) is 0 Å². The van der Waals surface area contributed by atoms with E-state index in [9.17, 15) is 4.79 Å². The molecule has 0 saturated carbocycles. The molecule has 0 aliphatic carbocycles. The second kappa shape index (κ2) is 6.78. The van der Waals surface area contributed by atoms with Crippen molar-refractivity contribution in [2.24, 2.45) is 5.84 Å². The molecule has 1 aromatic rings. The van der Waals surface area contributed by atoms with Crippen LogP contribution in [0.2, 0.25) is 5.02 Å². The van der Waals surface area contributed by atoms with E-state index in [4.69, 9.17) is 17.4 Å². The normalized spacial score (nSPS) is 12.2. The number of thioether (sulfide) groups is 1. The molecule has 0 heterocycles. The van der Waals surface area contributed by atoms with E-state index in [1.165, 1.54) is 0 Å². The molecule has 0 bridgehead atoms. The minimum Gasteiger partial charge on any atom is -0.294 e. The summed E-state index contributed by atoms with van der Waals surface area (Å²) in [5.74, 6) is 4.88. The number of nitrogens with two attached hydrogens (primary N) is 1. The van der Waals surface area contributed by atoms with Crippen LogP contribution in [0.15, 0.2) is 29.2 Å². The lowest BCUT2D eigenvalue weighted by Crippen LogP contribution is -2.30. The van der Waals surface area contributed by atoms with E-state index in [0.717, 1.165) is 16.3 Å². The highest BCUT2D eigenvalue weighted by atomic mass is 35.5. The van der Waals surface area contributed by atoms with Gasteiger partial charge in [-0.1, -0.05) is 18.5 Å². The van der Waals surface area contributed by atoms with Crippen LogP contribution in [0.3, 0.4) is 0 Å². The number of halogens is 1. The first kappa shape index (κ1) is 13.4. The number of carbonyl (C=O) groups excluding carboxylic acids is 1. The average molecular weight is 259 g/mol. The molecule has 1 aromatic carbocycles. The summed E-state index contributed by atoms with van der Waals surface area (Å²) in [5.41, 5.74) is 2.13. The Morgan fingerprint density at radius 1 is 1.50 bits per heavy atom.